The standard InChI is InChI=1S/C29H42NO5/c1-17-12-25-23(9-8-19(3)29(25,32)15-28(17)35-21(5)31)18(2)16-30-11-10-22-13-26(33-6)27(34-7)14-24(22)20(30)4/h12-15,18-20,23,25,28,32H,8-11,16H2,1-7H3/t18?,19-,20?,23+,25-,28-,29-/m1/s1. The molecule has 7 atom stereocenters. The van der Waals surface area contributed by atoms with E-state index >= 15 is 0 Å². The van der Waals surface area contributed by atoms with Crippen LogP contribution < -0.4 is 9.47 Å². The minimum Gasteiger partial charge on any atom is -0.493 e. The fourth-order valence-electron chi connectivity index (χ4n) is 6.70. The van der Waals surface area contributed by atoms with Crippen molar-refractivity contribution in [3.8, 4) is 11.5 Å². The van der Waals surface area contributed by atoms with Crippen LogP contribution in [0, 0.1) is 30.1 Å². The number of ether oxygens (including phenoxy) is 3. The van der Waals surface area contributed by atoms with Crippen molar-refractivity contribution in [3.05, 3.63) is 41.3 Å². The largest absolute Gasteiger partial charge is 0.493 e. The Morgan fingerprint density at radius 3 is 2.54 bits per heavy atom. The molecule has 0 bridgehead atoms. The Balaban J connectivity index is 1.53. The highest BCUT2D eigenvalue weighted by Gasteiger charge is 2.53. The molecular weight excluding hydrogens is 442 g/mol. The highest BCUT2D eigenvalue weighted by molar-refractivity contribution is 5.66. The number of nitrogens with zero attached hydrogens (tertiary/aromatic N) is 1. The average Bonchev–Trinajstić information content (AvgIpc) is 2.82. The molecule has 3 aliphatic rings. The third kappa shape index (κ3) is 4.84. The van der Waals surface area contributed by atoms with E-state index in [1.165, 1.54) is 18.1 Å². The lowest BCUT2D eigenvalue weighted by atomic mass is 9.57. The van der Waals surface area contributed by atoms with Crippen LogP contribution in [0.2, 0.25) is 0 Å². The third-order valence-electron chi connectivity index (χ3n) is 8.89. The lowest BCUT2D eigenvalue weighted by molar-refractivity contribution is -0.148. The number of hydrogen-bond donors (Lipinski definition) is 1. The Morgan fingerprint density at radius 1 is 1.20 bits per heavy atom. The summed E-state index contributed by atoms with van der Waals surface area (Å²) in [5.74, 6) is 2.18. The second-order valence-electron chi connectivity index (χ2n) is 11.0. The number of benzene rings is 1. The van der Waals surface area contributed by atoms with Crippen LogP contribution in [-0.4, -0.2) is 55.0 Å². The molecule has 1 aromatic rings. The van der Waals surface area contributed by atoms with E-state index in [2.05, 4.69) is 43.9 Å². The van der Waals surface area contributed by atoms with Gasteiger partial charge in [0.05, 0.1) is 19.8 Å². The molecule has 1 saturated carbocycles. The van der Waals surface area contributed by atoms with Gasteiger partial charge in [0, 0.05) is 38.4 Å². The van der Waals surface area contributed by atoms with Gasteiger partial charge in [-0.1, -0.05) is 19.9 Å². The first kappa shape index (κ1) is 26.0. The smallest absolute Gasteiger partial charge is 0.303 e. The first-order valence-corrected chi connectivity index (χ1v) is 13.0. The second-order valence-corrected chi connectivity index (χ2v) is 11.0. The summed E-state index contributed by atoms with van der Waals surface area (Å²) in [6, 6.07) is 4.54. The van der Waals surface area contributed by atoms with Crippen LogP contribution in [0.3, 0.4) is 0 Å². The molecule has 0 saturated heterocycles. The van der Waals surface area contributed by atoms with E-state index in [1.807, 2.05) is 13.3 Å². The van der Waals surface area contributed by atoms with Crippen molar-refractivity contribution in [2.45, 2.75) is 71.6 Å². The summed E-state index contributed by atoms with van der Waals surface area (Å²) >= 11 is 0. The molecule has 6 heteroatoms. The zero-order valence-corrected chi connectivity index (χ0v) is 22.3. The minimum atomic E-state index is -0.958. The van der Waals surface area contributed by atoms with Gasteiger partial charge in [-0.3, -0.25) is 9.69 Å². The second kappa shape index (κ2) is 10.1. The topological polar surface area (TPSA) is 68.2 Å². The number of aliphatic hydroxyl groups is 1. The molecule has 1 heterocycles. The molecule has 2 aliphatic carbocycles. The van der Waals surface area contributed by atoms with Crippen molar-refractivity contribution in [2.24, 2.45) is 23.7 Å². The number of fused-ring (bicyclic) bond motifs is 2. The maximum atomic E-state index is 11.8. The highest BCUT2D eigenvalue weighted by Crippen LogP contribution is 2.51. The van der Waals surface area contributed by atoms with E-state index in [-0.39, 0.29) is 23.8 Å². The van der Waals surface area contributed by atoms with Gasteiger partial charge >= 0.3 is 5.97 Å². The Morgan fingerprint density at radius 2 is 1.89 bits per heavy atom. The maximum Gasteiger partial charge on any atom is 0.303 e. The maximum absolute atomic E-state index is 11.8. The van der Waals surface area contributed by atoms with Crippen LogP contribution in [0.1, 0.15) is 64.6 Å². The van der Waals surface area contributed by atoms with Gasteiger partial charge in [-0.15, -0.1) is 0 Å². The summed E-state index contributed by atoms with van der Waals surface area (Å²) in [6.45, 7) is 12.1. The minimum absolute atomic E-state index is 0.0322. The number of methoxy groups -OCH3 is 2. The molecule has 0 amide bonds. The van der Waals surface area contributed by atoms with Crippen LogP contribution in [-0.2, 0) is 16.0 Å². The molecule has 0 aromatic heterocycles. The van der Waals surface area contributed by atoms with Crippen LogP contribution in [0.15, 0.2) is 23.8 Å². The van der Waals surface area contributed by atoms with Crippen molar-refractivity contribution >= 4 is 5.97 Å². The molecule has 2 unspecified atom stereocenters. The summed E-state index contributed by atoms with van der Waals surface area (Å²) in [5, 5.41) is 11.8. The van der Waals surface area contributed by atoms with Crippen LogP contribution in [0.5, 0.6) is 11.5 Å². The lowest BCUT2D eigenvalue weighted by Gasteiger charge is -2.53. The summed E-state index contributed by atoms with van der Waals surface area (Å²) in [7, 11) is 3.37. The quantitative estimate of drug-likeness (QED) is 0.464. The zero-order valence-electron chi connectivity index (χ0n) is 22.3. The van der Waals surface area contributed by atoms with Gasteiger partial charge in [0.25, 0.3) is 0 Å². The van der Waals surface area contributed by atoms with E-state index in [1.54, 1.807) is 14.2 Å². The molecule has 193 valence electrons. The van der Waals surface area contributed by atoms with E-state index < -0.39 is 11.7 Å². The number of carbonyl (C=O) groups excluding carboxylic acids is 1. The van der Waals surface area contributed by atoms with Gasteiger partial charge in [0.2, 0.25) is 0 Å². The Bertz CT molecular complexity index is 974. The van der Waals surface area contributed by atoms with Gasteiger partial charge in [0.1, 0.15) is 6.10 Å². The summed E-state index contributed by atoms with van der Waals surface area (Å²) in [5.41, 5.74) is 2.70. The molecule has 0 spiro atoms. The summed E-state index contributed by atoms with van der Waals surface area (Å²) in [6.07, 6.45) is 6.69. The van der Waals surface area contributed by atoms with E-state index in [0.717, 1.165) is 49.4 Å². The highest BCUT2D eigenvalue weighted by atomic mass is 16.5. The van der Waals surface area contributed by atoms with Crippen molar-refractivity contribution in [3.63, 3.8) is 0 Å². The molecule has 1 radical (unpaired) electrons. The number of carbonyl (C=O) groups is 1. The van der Waals surface area contributed by atoms with E-state index in [4.69, 9.17) is 14.2 Å². The summed E-state index contributed by atoms with van der Waals surface area (Å²) in [4.78, 5) is 14.2. The molecular formula is C29H42NO5. The average molecular weight is 485 g/mol. The predicted molar refractivity (Wildman–Crippen MR) is 136 cm³/mol. The number of rotatable bonds is 6. The zero-order chi connectivity index (χ0) is 25.5. The molecule has 1 fully saturated rings. The number of hydrogen-bond acceptors (Lipinski definition) is 6. The predicted octanol–water partition coefficient (Wildman–Crippen LogP) is 4.75. The lowest BCUT2D eigenvalue weighted by Crippen LogP contribution is -2.56. The molecule has 1 aromatic carbocycles. The SMILES string of the molecule is COc1cc2c(cc1OC)C(C)N(CC(C)[C@@H]1CC[C@@H](C)[C@]3(O)[CH][C@@H](OC(C)=O)C(C)=C[C@H]13)CC2. The third-order valence-corrected chi connectivity index (χ3v) is 8.89. The van der Waals surface area contributed by atoms with Crippen LogP contribution in [0.4, 0.5) is 0 Å². The molecule has 35 heavy (non-hydrogen) atoms. The Labute approximate surface area is 210 Å². The van der Waals surface area contributed by atoms with Crippen LogP contribution in [0.25, 0.3) is 0 Å². The summed E-state index contributed by atoms with van der Waals surface area (Å²) < 4.78 is 16.6. The normalized spacial score (nSPS) is 33.7. The molecule has 1 aliphatic heterocycles. The monoisotopic (exact) mass is 484 g/mol. The van der Waals surface area contributed by atoms with Gasteiger partial charge in [0.15, 0.2) is 11.5 Å². The number of esters is 1. The first-order chi connectivity index (χ1) is 16.6. The first-order valence-electron chi connectivity index (χ1n) is 13.0. The van der Waals surface area contributed by atoms with Gasteiger partial charge in [-0.2, -0.15) is 0 Å². The van der Waals surface area contributed by atoms with Gasteiger partial charge in [-0.25, -0.2) is 0 Å². The van der Waals surface area contributed by atoms with Crippen molar-refractivity contribution in [1.82, 2.24) is 4.90 Å². The van der Waals surface area contributed by atoms with Crippen molar-refractivity contribution < 1.29 is 24.1 Å². The Hall–Kier alpha value is -2.05. The fourth-order valence-corrected chi connectivity index (χ4v) is 6.70. The van der Waals surface area contributed by atoms with Gasteiger partial charge < -0.3 is 19.3 Å². The molecule has 6 nitrogen and oxygen atoms in total. The molecule has 1 N–H and O–H groups in total. The van der Waals surface area contributed by atoms with Crippen LogP contribution >= 0.6 is 0 Å². The van der Waals surface area contributed by atoms with E-state index in [9.17, 15) is 9.90 Å². The van der Waals surface area contributed by atoms with Crippen molar-refractivity contribution in [1.29, 1.82) is 0 Å². The molecule has 4 rings (SSSR count). The van der Waals surface area contributed by atoms with E-state index in [0.29, 0.717) is 11.8 Å². The van der Waals surface area contributed by atoms with Crippen molar-refractivity contribution in [2.75, 3.05) is 27.3 Å². The Kier molecular flexibility index (Phi) is 7.54. The van der Waals surface area contributed by atoms with Gasteiger partial charge in [-0.05, 0) is 79.7 Å². The fraction of sp³-hybridized carbons (Fsp3) is 0.655.